The first-order chi connectivity index (χ1) is 19.2. The minimum Gasteiger partial charge on any atom is -0.493 e. The molecule has 0 spiro atoms. The Balaban J connectivity index is 1.53. The molecule has 0 aliphatic rings. The quantitative estimate of drug-likeness (QED) is 0.179. The van der Waals surface area contributed by atoms with Crippen molar-refractivity contribution in [2.24, 2.45) is 0 Å². The van der Waals surface area contributed by atoms with Crippen LogP contribution in [0.15, 0.2) is 53.7 Å². The van der Waals surface area contributed by atoms with Gasteiger partial charge in [0.25, 0.3) is 0 Å². The second-order valence-corrected chi connectivity index (χ2v) is 9.62. The highest BCUT2D eigenvalue weighted by Crippen LogP contribution is 2.28. The predicted molar refractivity (Wildman–Crippen MR) is 152 cm³/mol. The highest BCUT2D eigenvalue weighted by Gasteiger charge is 2.15. The fourth-order valence-electron chi connectivity index (χ4n) is 3.56. The number of thioether (sulfide) groups is 1. The van der Waals surface area contributed by atoms with E-state index < -0.39 is 5.97 Å². The van der Waals surface area contributed by atoms with E-state index in [0.717, 1.165) is 5.56 Å². The van der Waals surface area contributed by atoms with Gasteiger partial charge in [-0.25, -0.2) is 4.79 Å². The molecule has 0 fully saturated rings. The number of ether oxygens (including phenoxy) is 3. The minimum absolute atomic E-state index is 0.0826. The third-order valence-corrected chi connectivity index (χ3v) is 6.39. The Kier molecular flexibility index (Phi) is 11.1. The minimum atomic E-state index is -0.451. The maximum absolute atomic E-state index is 12.5. The molecule has 0 saturated heterocycles. The zero-order chi connectivity index (χ0) is 29.1. The van der Waals surface area contributed by atoms with E-state index >= 15 is 0 Å². The molecule has 12 heteroatoms. The first-order valence-electron chi connectivity index (χ1n) is 12.6. The first-order valence-corrected chi connectivity index (χ1v) is 13.6. The standard InChI is InChI=1S/C28H33N5O6S/c1-6-33-24(16-29-25(34)13-11-19-10-12-22(37-4)23(14-19)38-5)31-32-28(33)40-17-26(35)30-21-9-7-8-20(15-21)27(36)39-18(2)3/h7-15,18H,6,16-17H2,1-5H3,(H,29,34)(H,30,35). The van der Waals surface area contributed by atoms with Crippen molar-refractivity contribution in [3.8, 4) is 11.5 Å². The molecule has 0 bridgehead atoms. The van der Waals surface area contributed by atoms with E-state index in [1.54, 1.807) is 70.5 Å². The van der Waals surface area contributed by atoms with Crippen LogP contribution in [0.5, 0.6) is 11.5 Å². The molecule has 1 aromatic heterocycles. The van der Waals surface area contributed by atoms with E-state index in [9.17, 15) is 14.4 Å². The summed E-state index contributed by atoms with van der Waals surface area (Å²) in [5, 5.41) is 14.5. The Morgan fingerprint density at radius 2 is 1.82 bits per heavy atom. The lowest BCUT2D eigenvalue weighted by Gasteiger charge is -2.10. The molecule has 2 N–H and O–H groups in total. The summed E-state index contributed by atoms with van der Waals surface area (Å²) < 4.78 is 17.5. The third-order valence-electron chi connectivity index (χ3n) is 5.42. The number of anilines is 1. The molecule has 1 heterocycles. The van der Waals surface area contributed by atoms with Gasteiger partial charge in [0.2, 0.25) is 11.8 Å². The second-order valence-electron chi connectivity index (χ2n) is 8.68. The van der Waals surface area contributed by atoms with Gasteiger partial charge < -0.3 is 29.4 Å². The predicted octanol–water partition coefficient (Wildman–Crippen LogP) is 3.94. The monoisotopic (exact) mass is 567 g/mol. The number of hydrogen-bond acceptors (Lipinski definition) is 9. The van der Waals surface area contributed by atoms with Gasteiger partial charge in [-0.1, -0.05) is 23.9 Å². The number of carbonyl (C=O) groups is 3. The summed E-state index contributed by atoms with van der Waals surface area (Å²) in [4.78, 5) is 37.1. The topological polar surface area (TPSA) is 134 Å². The first kappa shape index (κ1) is 30.2. The molecule has 2 amide bonds. The van der Waals surface area contributed by atoms with Gasteiger partial charge in [0.1, 0.15) is 0 Å². The van der Waals surface area contributed by atoms with Crippen molar-refractivity contribution in [3.05, 3.63) is 65.5 Å². The maximum atomic E-state index is 12.5. The van der Waals surface area contributed by atoms with E-state index in [-0.39, 0.29) is 30.2 Å². The Bertz CT molecular complexity index is 1370. The second kappa shape index (κ2) is 14.7. The number of amides is 2. The molecule has 212 valence electrons. The van der Waals surface area contributed by atoms with Gasteiger partial charge in [0, 0.05) is 18.3 Å². The zero-order valence-electron chi connectivity index (χ0n) is 23.1. The number of aromatic nitrogens is 3. The van der Waals surface area contributed by atoms with Crippen LogP contribution in [0.1, 0.15) is 42.5 Å². The van der Waals surface area contributed by atoms with Crippen LogP contribution in [0, 0.1) is 0 Å². The Labute approximate surface area is 237 Å². The number of methoxy groups -OCH3 is 2. The van der Waals surface area contributed by atoms with Crippen molar-refractivity contribution < 1.29 is 28.6 Å². The van der Waals surface area contributed by atoms with Gasteiger partial charge in [0.15, 0.2) is 22.5 Å². The summed E-state index contributed by atoms with van der Waals surface area (Å²) >= 11 is 1.22. The van der Waals surface area contributed by atoms with E-state index in [4.69, 9.17) is 14.2 Å². The van der Waals surface area contributed by atoms with Crippen molar-refractivity contribution in [2.45, 2.75) is 45.1 Å². The highest BCUT2D eigenvalue weighted by molar-refractivity contribution is 7.99. The van der Waals surface area contributed by atoms with Gasteiger partial charge in [-0.15, -0.1) is 10.2 Å². The van der Waals surface area contributed by atoms with Gasteiger partial charge in [0.05, 0.1) is 38.2 Å². The van der Waals surface area contributed by atoms with Crippen LogP contribution in [-0.2, 0) is 27.4 Å². The molecular weight excluding hydrogens is 534 g/mol. The van der Waals surface area contributed by atoms with Crippen molar-refractivity contribution in [2.75, 3.05) is 25.3 Å². The van der Waals surface area contributed by atoms with E-state index in [1.807, 2.05) is 17.6 Å². The average Bonchev–Trinajstić information content (AvgIpc) is 3.35. The van der Waals surface area contributed by atoms with Crippen LogP contribution in [-0.4, -0.2) is 58.6 Å². The molecule has 11 nitrogen and oxygen atoms in total. The lowest BCUT2D eigenvalue weighted by atomic mass is 10.2. The SMILES string of the molecule is CCn1c(CNC(=O)C=Cc2ccc(OC)c(OC)c2)nnc1SCC(=O)Nc1cccc(C(=O)OC(C)C)c1. The summed E-state index contributed by atoms with van der Waals surface area (Å²) in [6, 6.07) is 11.9. The molecule has 0 aliphatic heterocycles. The van der Waals surface area contributed by atoms with Crippen LogP contribution in [0.4, 0.5) is 5.69 Å². The molecule has 0 aliphatic carbocycles. The number of carbonyl (C=O) groups excluding carboxylic acids is 3. The molecule has 0 saturated carbocycles. The van der Waals surface area contributed by atoms with Crippen molar-refractivity contribution in [1.29, 1.82) is 0 Å². The summed E-state index contributed by atoms with van der Waals surface area (Å²) in [6.07, 6.45) is 2.85. The Morgan fingerprint density at radius 3 is 2.52 bits per heavy atom. The van der Waals surface area contributed by atoms with Crippen molar-refractivity contribution in [1.82, 2.24) is 20.1 Å². The number of rotatable bonds is 13. The molecular formula is C28H33N5O6S. The van der Waals surface area contributed by atoms with Gasteiger partial charge >= 0.3 is 5.97 Å². The third kappa shape index (κ3) is 8.60. The van der Waals surface area contributed by atoms with E-state index in [0.29, 0.717) is 40.3 Å². The Hall–Kier alpha value is -4.32. The number of esters is 1. The van der Waals surface area contributed by atoms with Crippen LogP contribution in [0.25, 0.3) is 6.08 Å². The fourth-order valence-corrected chi connectivity index (χ4v) is 4.38. The van der Waals surface area contributed by atoms with Gasteiger partial charge in [-0.2, -0.15) is 0 Å². The zero-order valence-corrected chi connectivity index (χ0v) is 23.9. The van der Waals surface area contributed by atoms with E-state index in [2.05, 4.69) is 20.8 Å². The largest absolute Gasteiger partial charge is 0.493 e. The normalized spacial score (nSPS) is 10.9. The van der Waals surface area contributed by atoms with Crippen molar-refractivity contribution in [3.63, 3.8) is 0 Å². The van der Waals surface area contributed by atoms with Gasteiger partial charge in [-0.3, -0.25) is 9.59 Å². The summed E-state index contributed by atoms with van der Waals surface area (Å²) in [7, 11) is 3.11. The molecule has 40 heavy (non-hydrogen) atoms. The summed E-state index contributed by atoms with van der Waals surface area (Å²) in [5.41, 5.74) is 1.63. The molecule has 2 aromatic carbocycles. The molecule has 0 atom stereocenters. The summed E-state index contributed by atoms with van der Waals surface area (Å²) in [5.74, 6) is 0.807. The van der Waals surface area contributed by atoms with Crippen molar-refractivity contribution >= 4 is 41.3 Å². The fraction of sp³-hybridized carbons (Fsp3) is 0.321. The lowest BCUT2D eigenvalue weighted by Crippen LogP contribution is -2.22. The van der Waals surface area contributed by atoms with Crippen LogP contribution < -0.4 is 20.1 Å². The smallest absolute Gasteiger partial charge is 0.338 e. The van der Waals surface area contributed by atoms with Crippen LogP contribution >= 0.6 is 11.8 Å². The molecule has 3 rings (SSSR count). The lowest BCUT2D eigenvalue weighted by molar-refractivity contribution is -0.116. The highest BCUT2D eigenvalue weighted by atomic mass is 32.2. The maximum Gasteiger partial charge on any atom is 0.338 e. The van der Waals surface area contributed by atoms with Gasteiger partial charge in [-0.05, 0) is 62.7 Å². The molecule has 3 aromatic rings. The summed E-state index contributed by atoms with van der Waals surface area (Å²) in [6.45, 7) is 6.20. The molecule has 0 radical (unpaired) electrons. The van der Waals surface area contributed by atoms with E-state index in [1.165, 1.54) is 17.8 Å². The van der Waals surface area contributed by atoms with Crippen LogP contribution in [0.2, 0.25) is 0 Å². The number of hydrogen-bond donors (Lipinski definition) is 2. The molecule has 0 unspecified atom stereocenters. The number of nitrogens with one attached hydrogen (secondary N) is 2. The van der Waals surface area contributed by atoms with Crippen LogP contribution in [0.3, 0.4) is 0 Å². The number of benzene rings is 2. The average molecular weight is 568 g/mol. The number of nitrogens with zero attached hydrogens (tertiary/aromatic N) is 3. The Morgan fingerprint density at radius 1 is 1.05 bits per heavy atom.